The van der Waals surface area contributed by atoms with Gasteiger partial charge in [0, 0.05) is 0 Å². The van der Waals surface area contributed by atoms with Crippen molar-refractivity contribution >= 4 is 26.8 Å². The number of nitrogens with zero attached hydrogens (tertiary/aromatic N) is 2. The summed E-state index contributed by atoms with van der Waals surface area (Å²) in [4.78, 5) is 16.5. The molecule has 0 fully saturated rings. The first-order chi connectivity index (χ1) is 12.7. The molecule has 1 aliphatic rings. The lowest BCUT2D eigenvalue weighted by molar-refractivity contribution is -0.882. The summed E-state index contributed by atoms with van der Waals surface area (Å²) >= 11 is 0. The Kier molecular flexibility index (Phi) is 10.3. The summed E-state index contributed by atoms with van der Waals surface area (Å²) in [7, 11) is 0.544. The van der Waals surface area contributed by atoms with E-state index in [1.165, 1.54) is 37.8 Å². The molecule has 27 heavy (non-hydrogen) atoms. The molecule has 1 rings (SSSR count). The summed E-state index contributed by atoms with van der Waals surface area (Å²) in [6, 6.07) is 0. The highest BCUT2D eigenvalue weighted by atomic mass is 32.3. The van der Waals surface area contributed by atoms with Gasteiger partial charge in [-0.25, -0.2) is 4.99 Å². The van der Waals surface area contributed by atoms with Gasteiger partial charge in [0.05, 0.1) is 39.4 Å². The maximum absolute atomic E-state index is 12.3. The maximum atomic E-state index is 12.3. The van der Waals surface area contributed by atoms with Crippen LogP contribution in [0.15, 0.2) is 29.3 Å². The normalized spacial score (nSPS) is 14.7. The minimum absolute atomic E-state index is 0. The Bertz CT molecular complexity index is 621. The van der Waals surface area contributed by atoms with Crippen LogP contribution in [0.2, 0.25) is 0 Å². The molecule has 0 aromatic carbocycles. The predicted molar refractivity (Wildman–Crippen MR) is 112 cm³/mol. The summed E-state index contributed by atoms with van der Waals surface area (Å²) in [5.74, 6) is -0.195. The average molecular weight is 401 g/mol. The highest BCUT2D eigenvalue weighted by Crippen LogP contribution is 2.08. The maximum Gasteiger partial charge on any atom is 1.00 e. The van der Waals surface area contributed by atoms with E-state index in [9.17, 15) is 13.9 Å². The quantitative estimate of drug-likeness (QED) is 0.228. The molecule has 0 atom stereocenters. The van der Waals surface area contributed by atoms with Gasteiger partial charge in [-0.1, -0.05) is 26.2 Å². The van der Waals surface area contributed by atoms with Crippen LogP contribution in [0.4, 0.5) is 0 Å². The number of hydrogen-bond acceptors (Lipinski definition) is 4. The number of unbranched alkanes of at least 4 members (excludes halogenated alkanes) is 4. The van der Waals surface area contributed by atoms with Crippen molar-refractivity contribution in [2.75, 3.05) is 40.3 Å². The van der Waals surface area contributed by atoms with Gasteiger partial charge in [0.15, 0.2) is 6.54 Å². The number of carbonyl (C=O) groups is 1. The zero-order chi connectivity index (χ0) is 20.3. The first-order valence-corrected chi connectivity index (χ1v) is 11.1. The lowest BCUT2D eigenvalue weighted by atomic mass is 10.1. The number of hydrogen-bond donors (Lipinski definition) is 2. The van der Waals surface area contributed by atoms with E-state index in [2.05, 4.69) is 22.4 Å². The third-order valence-electron chi connectivity index (χ3n) is 4.30. The van der Waals surface area contributed by atoms with Crippen LogP contribution < -0.4 is 10.5 Å². The Labute approximate surface area is 166 Å². The van der Waals surface area contributed by atoms with Crippen molar-refractivity contribution in [3.8, 4) is 0 Å². The molecule has 1 aliphatic carbocycles. The van der Waals surface area contributed by atoms with Crippen LogP contribution in [-0.4, -0.2) is 70.3 Å². The first-order valence-electron chi connectivity index (χ1n) is 9.66. The fourth-order valence-electron chi connectivity index (χ4n) is 2.76. The standard InChI is InChI=1S/C19H34N4O3S/c1-4-5-6-7-8-15-23(2,3)16-19(24)22-17-9-11-18(12-10-17)27(25,26)21-14-13-20/h9-12H,4-8,13-16,20H2,1-3H3,(H-2,21,22,24,25,26)/p+2. The third-order valence-corrected chi connectivity index (χ3v) is 5.78. The molecule has 0 aromatic heterocycles. The van der Waals surface area contributed by atoms with Crippen molar-refractivity contribution in [2.24, 2.45) is 4.99 Å². The van der Waals surface area contributed by atoms with Crippen LogP contribution in [0.3, 0.4) is 0 Å². The Hall–Kier alpha value is -1.16. The Morgan fingerprint density at radius 2 is 1.81 bits per heavy atom. The highest BCUT2D eigenvalue weighted by molar-refractivity contribution is 8.02. The van der Waals surface area contributed by atoms with Gasteiger partial charge >= 0.3 is 7.33 Å². The molecule has 0 aliphatic heterocycles. The van der Waals surface area contributed by atoms with E-state index in [1.807, 2.05) is 14.1 Å². The minimum atomic E-state index is -3.53. The average Bonchev–Trinajstić information content (AvgIpc) is 2.59. The molecule has 0 aromatic rings. The van der Waals surface area contributed by atoms with Crippen molar-refractivity contribution in [2.45, 2.75) is 39.0 Å². The number of aliphatic imine (C=N–C) groups is 1. The molecule has 4 N–H and O–H groups in total. The van der Waals surface area contributed by atoms with Crippen LogP contribution >= 0.6 is 0 Å². The second-order valence-electron chi connectivity index (χ2n) is 7.48. The molecule has 0 saturated heterocycles. The van der Waals surface area contributed by atoms with E-state index in [0.29, 0.717) is 29.8 Å². The number of amides is 1. The van der Waals surface area contributed by atoms with Crippen molar-refractivity contribution < 1.29 is 25.5 Å². The zero-order valence-electron chi connectivity index (χ0n) is 17.9. The molecule has 0 heterocycles. The van der Waals surface area contributed by atoms with E-state index in [1.54, 1.807) is 12.2 Å². The summed E-state index contributed by atoms with van der Waals surface area (Å²) in [5, 5.41) is 0. The molecule has 0 saturated carbocycles. The topological polar surface area (TPSA) is 115 Å². The van der Waals surface area contributed by atoms with E-state index < -0.39 is 10.4 Å². The van der Waals surface area contributed by atoms with Gasteiger partial charge in [0.2, 0.25) is 0 Å². The van der Waals surface area contributed by atoms with Crippen molar-refractivity contribution in [1.29, 1.82) is 0 Å². The third kappa shape index (κ3) is 9.55. The van der Waals surface area contributed by atoms with Gasteiger partial charge in [-0.15, -0.1) is 10.4 Å². The van der Waals surface area contributed by atoms with Gasteiger partial charge in [0.25, 0.3) is 0 Å². The predicted octanol–water partition coefficient (Wildman–Crippen LogP) is 0.573. The molecule has 0 unspecified atom stereocenters. The summed E-state index contributed by atoms with van der Waals surface area (Å²) in [6.45, 7) is 4.24. The van der Waals surface area contributed by atoms with E-state index >= 15 is 0 Å². The van der Waals surface area contributed by atoms with Crippen molar-refractivity contribution in [3.63, 3.8) is 0 Å². The molecule has 1 amide bonds. The second kappa shape index (κ2) is 11.6. The fraction of sp³-hybridized carbons (Fsp3) is 0.632. The summed E-state index contributed by atoms with van der Waals surface area (Å²) in [6.07, 6.45) is 12.1. The molecule has 0 radical (unpaired) electrons. The number of likely N-dealkylation sites (N-methyl/N-ethyl adjacent to an activating group) is 1. The first kappa shape index (κ1) is 23.9. The van der Waals surface area contributed by atoms with E-state index in [-0.39, 0.29) is 12.2 Å². The zero-order valence-corrected chi connectivity index (χ0v) is 17.7. The van der Waals surface area contributed by atoms with Gasteiger partial charge in [0.1, 0.15) is 4.86 Å². The van der Waals surface area contributed by atoms with E-state index in [0.717, 1.165) is 13.0 Å². The molecular formula is C19H36N4O3S+2. The lowest BCUT2D eigenvalue weighted by Crippen LogP contribution is -2.56. The van der Waals surface area contributed by atoms with Crippen LogP contribution in [0, 0.1) is 0 Å². The number of carbonyl (C=O) groups excluding carboxylic acids is 1. The van der Waals surface area contributed by atoms with Crippen LogP contribution in [0.25, 0.3) is 0 Å². The van der Waals surface area contributed by atoms with Gasteiger partial charge < -0.3 is 19.3 Å². The number of quaternary nitrogens is 2. The second-order valence-corrected chi connectivity index (χ2v) is 9.25. The minimum Gasteiger partial charge on any atom is -0.634 e. The largest absolute Gasteiger partial charge is 1.00 e. The molecule has 7 nitrogen and oxygen atoms in total. The van der Waals surface area contributed by atoms with Gasteiger partial charge in [-0.05, 0) is 37.1 Å². The Morgan fingerprint density at radius 3 is 2.41 bits per heavy atom. The van der Waals surface area contributed by atoms with Crippen molar-refractivity contribution in [3.05, 3.63) is 24.3 Å². The van der Waals surface area contributed by atoms with Crippen molar-refractivity contribution in [1.82, 2.24) is 4.72 Å². The molecule has 0 bridgehead atoms. The monoisotopic (exact) mass is 400 g/mol. The SMILES string of the molecule is CCCCCCC[N+](C)(C)CC(=O)N=C1C=CC(=[S+]([O-])([O-])NCC[NH3+])C=C1.[H+]. The fourth-order valence-corrected chi connectivity index (χ4v) is 3.83. The molecule has 0 spiro atoms. The molecule has 8 heteroatoms. The Morgan fingerprint density at radius 1 is 1.19 bits per heavy atom. The van der Waals surface area contributed by atoms with Gasteiger partial charge in [-0.3, -0.25) is 4.79 Å². The number of nitrogens with one attached hydrogen (secondary N) is 1. The molecular weight excluding hydrogens is 364 g/mol. The number of rotatable bonds is 11. The summed E-state index contributed by atoms with van der Waals surface area (Å²) < 4.78 is 27.1. The van der Waals surface area contributed by atoms with Gasteiger partial charge in [-0.2, -0.15) is 4.72 Å². The Balaban J connectivity index is 0.00000729. The van der Waals surface area contributed by atoms with Crippen LogP contribution in [0.1, 0.15) is 40.5 Å². The highest BCUT2D eigenvalue weighted by Gasteiger charge is 2.19. The smallest absolute Gasteiger partial charge is 0.634 e. The number of allylic oxidation sites excluding steroid dienone is 4. The van der Waals surface area contributed by atoms with Crippen LogP contribution in [0.5, 0.6) is 0 Å². The lowest BCUT2D eigenvalue weighted by Gasteiger charge is -2.31. The van der Waals surface area contributed by atoms with Crippen LogP contribution in [-0.2, 0) is 15.2 Å². The van der Waals surface area contributed by atoms with E-state index in [4.69, 9.17) is 0 Å². The summed E-state index contributed by atoms with van der Waals surface area (Å²) in [5.41, 5.74) is 4.08. The molecule has 154 valence electrons.